The highest BCUT2D eigenvalue weighted by molar-refractivity contribution is 7.89. The van der Waals surface area contributed by atoms with Gasteiger partial charge in [-0.2, -0.15) is 0 Å². The summed E-state index contributed by atoms with van der Waals surface area (Å²) in [5, 5.41) is 9.37. The number of nitrogens with one attached hydrogen (secondary N) is 2. The second-order valence-corrected chi connectivity index (χ2v) is 7.45. The number of halogens is 1. The van der Waals surface area contributed by atoms with E-state index in [4.69, 9.17) is 21.5 Å². The number of ether oxygens (including phenoxy) is 1. The van der Waals surface area contributed by atoms with Crippen LogP contribution in [0, 0.1) is 0 Å². The maximum atomic E-state index is 12.0. The first kappa shape index (κ1) is 21.4. The minimum Gasteiger partial charge on any atom is -0.452 e. The number of esters is 1. The number of urea groups is 1. The number of amides is 3. The van der Waals surface area contributed by atoms with Gasteiger partial charge in [0.15, 0.2) is 6.61 Å². The molecule has 0 atom stereocenters. The second kappa shape index (κ2) is 9.31. The van der Waals surface area contributed by atoms with Crippen LogP contribution in [0.15, 0.2) is 53.4 Å². The quantitative estimate of drug-likeness (QED) is 0.592. The molecule has 0 unspecified atom stereocenters. The van der Waals surface area contributed by atoms with Gasteiger partial charge in [-0.1, -0.05) is 41.9 Å². The molecule has 148 valence electrons. The number of carbonyl (C=O) groups is 3. The van der Waals surface area contributed by atoms with Crippen LogP contribution in [0.5, 0.6) is 0 Å². The van der Waals surface area contributed by atoms with Gasteiger partial charge in [0.05, 0.1) is 15.5 Å². The Morgan fingerprint density at radius 2 is 1.75 bits per heavy atom. The average molecular weight is 426 g/mol. The van der Waals surface area contributed by atoms with E-state index in [1.165, 1.54) is 0 Å². The Labute approximate surface area is 165 Å². The third kappa shape index (κ3) is 6.34. The van der Waals surface area contributed by atoms with Gasteiger partial charge < -0.3 is 10.1 Å². The molecule has 0 heterocycles. The molecule has 0 radical (unpaired) electrons. The van der Waals surface area contributed by atoms with E-state index in [2.05, 4.69) is 5.32 Å². The molecule has 28 heavy (non-hydrogen) atoms. The molecular formula is C17H16ClN3O6S. The molecule has 0 aliphatic carbocycles. The van der Waals surface area contributed by atoms with E-state index >= 15 is 0 Å². The molecule has 0 spiro atoms. The van der Waals surface area contributed by atoms with Gasteiger partial charge >= 0.3 is 12.0 Å². The molecule has 0 aromatic heterocycles. The fourth-order valence-corrected chi connectivity index (χ4v) is 2.77. The first-order valence-electron chi connectivity index (χ1n) is 7.78. The number of hydrogen-bond donors (Lipinski definition) is 3. The van der Waals surface area contributed by atoms with Crippen molar-refractivity contribution in [3.8, 4) is 0 Å². The maximum absolute atomic E-state index is 12.0. The number of hydrogen-bond acceptors (Lipinski definition) is 6. The Hall–Kier alpha value is -2.95. The van der Waals surface area contributed by atoms with Crippen molar-refractivity contribution < 1.29 is 27.5 Å². The van der Waals surface area contributed by atoms with Gasteiger partial charge in [0, 0.05) is 6.54 Å². The molecule has 2 rings (SSSR count). The number of carbonyl (C=O) groups excluding carboxylic acids is 3. The zero-order valence-electron chi connectivity index (χ0n) is 14.3. The summed E-state index contributed by atoms with van der Waals surface area (Å²) < 4.78 is 27.4. The van der Waals surface area contributed by atoms with Gasteiger partial charge in [0.25, 0.3) is 5.91 Å². The lowest BCUT2D eigenvalue weighted by Gasteiger charge is -2.09. The van der Waals surface area contributed by atoms with E-state index in [9.17, 15) is 22.8 Å². The predicted octanol–water partition coefficient (Wildman–Crippen LogP) is 1.17. The van der Waals surface area contributed by atoms with Crippen LogP contribution < -0.4 is 15.8 Å². The lowest BCUT2D eigenvalue weighted by molar-refractivity contribution is -0.123. The molecule has 11 heteroatoms. The average Bonchev–Trinajstić information content (AvgIpc) is 2.64. The Bertz CT molecular complexity index is 995. The van der Waals surface area contributed by atoms with Crippen LogP contribution in [0.2, 0.25) is 5.02 Å². The van der Waals surface area contributed by atoms with Crippen molar-refractivity contribution in [1.29, 1.82) is 0 Å². The Balaban J connectivity index is 1.87. The molecule has 2 aromatic rings. The highest BCUT2D eigenvalue weighted by atomic mass is 35.5. The summed E-state index contributed by atoms with van der Waals surface area (Å²) in [4.78, 5) is 35.1. The van der Waals surface area contributed by atoms with Crippen molar-refractivity contribution in [2.24, 2.45) is 5.14 Å². The van der Waals surface area contributed by atoms with Crippen molar-refractivity contribution in [2.75, 3.05) is 6.61 Å². The fourth-order valence-electron chi connectivity index (χ4n) is 2.03. The van der Waals surface area contributed by atoms with Gasteiger partial charge in [-0.05, 0) is 23.8 Å². The number of rotatable bonds is 6. The van der Waals surface area contributed by atoms with Gasteiger partial charge in [-0.15, -0.1) is 0 Å². The zero-order valence-corrected chi connectivity index (χ0v) is 15.9. The monoisotopic (exact) mass is 425 g/mol. The SMILES string of the molecule is NS(=O)(=O)c1ccc(Cl)c(C(=O)OCC(=O)NC(=O)NCc2ccccc2)c1. The van der Waals surface area contributed by atoms with Gasteiger partial charge in [0.2, 0.25) is 10.0 Å². The first-order valence-corrected chi connectivity index (χ1v) is 9.70. The summed E-state index contributed by atoms with van der Waals surface area (Å²) in [6.07, 6.45) is 0. The third-order valence-corrected chi connectivity index (χ3v) is 4.61. The van der Waals surface area contributed by atoms with Crippen LogP contribution in [0.25, 0.3) is 0 Å². The molecule has 0 saturated heterocycles. The summed E-state index contributed by atoms with van der Waals surface area (Å²) in [7, 11) is -4.05. The first-order chi connectivity index (χ1) is 13.2. The van der Waals surface area contributed by atoms with Crippen LogP contribution >= 0.6 is 11.6 Å². The Morgan fingerprint density at radius 1 is 1.07 bits per heavy atom. The largest absolute Gasteiger partial charge is 0.452 e. The summed E-state index contributed by atoms with van der Waals surface area (Å²) in [6, 6.07) is 11.5. The summed E-state index contributed by atoms with van der Waals surface area (Å²) in [5.74, 6) is -1.92. The van der Waals surface area contributed by atoms with Crippen LogP contribution in [-0.4, -0.2) is 32.9 Å². The fraction of sp³-hybridized carbons (Fsp3) is 0.118. The Kier molecular flexibility index (Phi) is 7.10. The Morgan fingerprint density at radius 3 is 2.39 bits per heavy atom. The number of nitrogens with two attached hydrogens (primary N) is 1. The predicted molar refractivity (Wildman–Crippen MR) is 99.9 cm³/mol. The second-order valence-electron chi connectivity index (χ2n) is 5.48. The molecule has 0 bridgehead atoms. The summed E-state index contributed by atoms with van der Waals surface area (Å²) >= 11 is 5.84. The molecule has 4 N–H and O–H groups in total. The van der Waals surface area contributed by atoms with Gasteiger partial charge in [-0.25, -0.2) is 23.1 Å². The highest BCUT2D eigenvalue weighted by Crippen LogP contribution is 2.20. The molecule has 0 aliphatic heterocycles. The molecular weight excluding hydrogens is 410 g/mol. The van der Waals surface area contributed by atoms with E-state index in [1.807, 2.05) is 11.4 Å². The number of imide groups is 1. The van der Waals surface area contributed by atoms with Crippen LogP contribution in [0.4, 0.5) is 4.79 Å². The van der Waals surface area contributed by atoms with Gasteiger partial charge in [-0.3, -0.25) is 10.1 Å². The third-order valence-electron chi connectivity index (χ3n) is 3.37. The van der Waals surface area contributed by atoms with E-state index in [-0.39, 0.29) is 22.0 Å². The van der Waals surface area contributed by atoms with Crippen molar-refractivity contribution in [3.63, 3.8) is 0 Å². The van der Waals surface area contributed by atoms with Crippen molar-refractivity contribution in [2.45, 2.75) is 11.4 Å². The van der Waals surface area contributed by atoms with Crippen LogP contribution in [-0.2, 0) is 26.1 Å². The number of sulfonamides is 1. The molecule has 0 saturated carbocycles. The molecule has 3 amide bonds. The van der Waals surface area contributed by atoms with E-state index in [0.29, 0.717) is 0 Å². The van der Waals surface area contributed by atoms with E-state index < -0.39 is 34.5 Å². The zero-order chi connectivity index (χ0) is 20.7. The minimum atomic E-state index is -4.05. The molecule has 0 aliphatic rings. The minimum absolute atomic E-state index is 0.0848. The van der Waals surface area contributed by atoms with Crippen molar-refractivity contribution in [1.82, 2.24) is 10.6 Å². The van der Waals surface area contributed by atoms with Crippen molar-refractivity contribution >= 4 is 39.5 Å². The molecule has 0 fully saturated rings. The topological polar surface area (TPSA) is 145 Å². The van der Waals surface area contributed by atoms with Crippen molar-refractivity contribution in [3.05, 3.63) is 64.7 Å². The lowest BCUT2D eigenvalue weighted by atomic mass is 10.2. The van der Waals surface area contributed by atoms with Gasteiger partial charge in [0.1, 0.15) is 0 Å². The normalized spacial score (nSPS) is 10.8. The maximum Gasteiger partial charge on any atom is 0.340 e. The summed E-state index contributed by atoms with van der Waals surface area (Å²) in [6.45, 7) is -0.566. The van der Waals surface area contributed by atoms with Crippen LogP contribution in [0.1, 0.15) is 15.9 Å². The smallest absolute Gasteiger partial charge is 0.340 e. The number of benzene rings is 2. The summed E-state index contributed by atoms with van der Waals surface area (Å²) in [5.41, 5.74) is 0.551. The molecule has 9 nitrogen and oxygen atoms in total. The van der Waals surface area contributed by atoms with Crippen LogP contribution in [0.3, 0.4) is 0 Å². The van der Waals surface area contributed by atoms with E-state index in [1.54, 1.807) is 24.3 Å². The van der Waals surface area contributed by atoms with E-state index in [0.717, 1.165) is 23.8 Å². The lowest BCUT2D eigenvalue weighted by Crippen LogP contribution is -2.41. The highest BCUT2D eigenvalue weighted by Gasteiger charge is 2.18. The standard InChI is InChI=1S/C17H16ClN3O6S/c18-14-7-6-12(28(19,25)26)8-13(14)16(23)27-10-15(22)21-17(24)20-9-11-4-2-1-3-5-11/h1-8H,9-10H2,(H2,19,25,26)(H2,20,21,22,24). The molecule has 2 aromatic carbocycles. The number of primary sulfonamides is 1.